The highest BCUT2D eigenvalue weighted by Crippen LogP contribution is 2.33. The van der Waals surface area contributed by atoms with Crippen LogP contribution in [0.5, 0.6) is 0 Å². The molecule has 1 aliphatic rings. The molecule has 0 saturated carbocycles. The lowest BCUT2D eigenvalue weighted by Crippen LogP contribution is -2.24. The first-order chi connectivity index (χ1) is 10.1. The van der Waals surface area contributed by atoms with E-state index in [2.05, 4.69) is 16.8 Å². The van der Waals surface area contributed by atoms with E-state index in [0.29, 0.717) is 12.1 Å². The number of fused-ring (bicyclic) bond motifs is 1. The van der Waals surface area contributed by atoms with Crippen molar-refractivity contribution < 1.29 is 9.31 Å². The smallest absolute Gasteiger partial charge is 0.274 e. The quantitative estimate of drug-likeness (QED) is 0.687. The molecule has 4 nitrogen and oxygen atoms in total. The summed E-state index contributed by atoms with van der Waals surface area (Å²) < 4.78 is 13.3. The summed E-state index contributed by atoms with van der Waals surface area (Å²) in [7, 11) is 0. The van der Waals surface area contributed by atoms with E-state index in [-0.39, 0.29) is 11.7 Å². The molecule has 0 spiro atoms. The van der Waals surface area contributed by atoms with Crippen molar-refractivity contribution in [2.45, 2.75) is 31.8 Å². The number of benzene rings is 1. The van der Waals surface area contributed by atoms with Gasteiger partial charge in [-0.25, -0.2) is 4.39 Å². The zero-order valence-electron chi connectivity index (χ0n) is 11.3. The summed E-state index contributed by atoms with van der Waals surface area (Å²) >= 11 is 1.75. The van der Waals surface area contributed by atoms with Crippen LogP contribution in [0.25, 0.3) is 0 Å². The number of hydrogen-bond acceptors (Lipinski definition) is 4. The van der Waals surface area contributed by atoms with E-state index in [1.165, 1.54) is 22.6 Å². The predicted octanol–water partition coefficient (Wildman–Crippen LogP) is 3.96. The van der Waals surface area contributed by atoms with E-state index in [4.69, 9.17) is 0 Å². The standard InChI is InChI=1S/C15H15FN2O2S/c16-11-4-5-14(18(19)20)10(8-11)9-17-13-2-1-3-15-12(13)6-7-21-15/h4-8,13,17H,1-3,9H2. The fourth-order valence-corrected chi connectivity index (χ4v) is 3.79. The second-order valence-electron chi connectivity index (χ2n) is 5.15. The number of rotatable bonds is 4. The minimum Gasteiger partial charge on any atom is -0.306 e. The largest absolute Gasteiger partial charge is 0.306 e. The zero-order chi connectivity index (χ0) is 14.8. The van der Waals surface area contributed by atoms with Crippen molar-refractivity contribution in [1.82, 2.24) is 5.32 Å². The van der Waals surface area contributed by atoms with Gasteiger partial charge in [-0.05, 0) is 48.4 Å². The molecule has 0 saturated heterocycles. The van der Waals surface area contributed by atoms with Gasteiger partial charge in [0, 0.05) is 29.1 Å². The number of nitro benzene ring substituents is 1. The molecule has 0 aliphatic heterocycles. The predicted molar refractivity (Wildman–Crippen MR) is 79.9 cm³/mol. The Bertz CT molecular complexity index is 671. The van der Waals surface area contributed by atoms with Gasteiger partial charge in [-0.1, -0.05) is 0 Å². The maximum Gasteiger partial charge on any atom is 0.274 e. The molecule has 110 valence electrons. The Labute approximate surface area is 125 Å². The molecule has 1 aliphatic carbocycles. The Kier molecular flexibility index (Phi) is 3.98. The van der Waals surface area contributed by atoms with Crippen LogP contribution in [-0.2, 0) is 13.0 Å². The maximum absolute atomic E-state index is 13.3. The topological polar surface area (TPSA) is 55.2 Å². The number of nitrogens with one attached hydrogen (secondary N) is 1. The summed E-state index contributed by atoms with van der Waals surface area (Å²) in [6.07, 6.45) is 3.22. The van der Waals surface area contributed by atoms with Gasteiger partial charge in [0.05, 0.1) is 4.92 Å². The van der Waals surface area contributed by atoms with Gasteiger partial charge in [0.25, 0.3) is 5.69 Å². The number of nitro groups is 1. The molecule has 1 N–H and O–H groups in total. The van der Waals surface area contributed by atoms with Crippen molar-refractivity contribution in [3.8, 4) is 0 Å². The van der Waals surface area contributed by atoms with Crippen LogP contribution in [0, 0.1) is 15.9 Å². The van der Waals surface area contributed by atoms with Crippen LogP contribution in [0.15, 0.2) is 29.6 Å². The van der Waals surface area contributed by atoms with Crippen molar-refractivity contribution in [1.29, 1.82) is 0 Å². The molecule has 6 heteroatoms. The number of nitrogens with zero attached hydrogens (tertiary/aromatic N) is 1. The Morgan fingerprint density at radius 2 is 2.29 bits per heavy atom. The van der Waals surface area contributed by atoms with E-state index in [1.54, 1.807) is 11.3 Å². The first-order valence-corrected chi connectivity index (χ1v) is 7.75. The minimum absolute atomic E-state index is 0.0368. The maximum atomic E-state index is 13.3. The minimum atomic E-state index is -0.465. The third-order valence-electron chi connectivity index (χ3n) is 3.83. The molecule has 0 radical (unpaired) electrons. The molecule has 3 rings (SSSR count). The lowest BCUT2D eigenvalue weighted by atomic mass is 9.94. The fourth-order valence-electron chi connectivity index (χ4n) is 2.81. The molecule has 1 aromatic heterocycles. The van der Waals surface area contributed by atoms with Gasteiger partial charge < -0.3 is 5.32 Å². The summed E-state index contributed by atoms with van der Waals surface area (Å²) in [4.78, 5) is 11.9. The van der Waals surface area contributed by atoms with Gasteiger partial charge >= 0.3 is 0 Å². The van der Waals surface area contributed by atoms with Crippen molar-refractivity contribution in [3.05, 3.63) is 61.6 Å². The lowest BCUT2D eigenvalue weighted by molar-refractivity contribution is -0.385. The number of halogens is 1. The number of aryl methyl sites for hydroxylation is 1. The first kappa shape index (κ1) is 14.2. The van der Waals surface area contributed by atoms with Crippen molar-refractivity contribution >= 4 is 17.0 Å². The third-order valence-corrected chi connectivity index (χ3v) is 4.83. The molecule has 2 aromatic rings. The average molecular weight is 306 g/mol. The molecular weight excluding hydrogens is 291 g/mol. The van der Waals surface area contributed by atoms with Crippen LogP contribution < -0.4 is 5.32 Å². The van der Waals surface area contributed by atoms with Crippen molar-refractivity contribution in [2.24, 2.45) is 0 Å². The van der Waals surface area contributed by atoms with Crippen molar-refractivity contribution in [3.63, 3.8) is 0 Å². The summed E-state index contributed by atoms with van der Waals surface area (Å²) in [6, 6.07) is 5.89. The highest BCUT2D eigenvalue weighted by Gasteiger charge is 2.22. The SMILES string of the molecule is O=[N+]([O-])c1ccc(F)cc1CNC1CCCc2sccc21. The van der Waals surface area contributed by atoms with Crippen LogP contribution in [0.4, 0.5) is 10.1 Å². The van der Waals surface area contributed by atoms with E-state index >= 15 is 0 Å². The summed E-state index contributed by atoms with van der Waals surface area (Å²) in [5, 5.41) is 16.4. The van der Waals surface area contributed by atoms with E-state index in [0.717, 1.165) is 25.3 Å². The zero-order valence-corrected chi connectivity index (χ0v) is 12.2. The molecule has 1 heterocycles. The highest BCUT2D eigenvalue weighted by molar-refractivity contribution is 7.10. The average Bonchev–Trinajstić information content (AvgIpc) is 2.93. The molecule has 21 heavy (non-hydrogen) atoms. The Morgan fingerprint density at radius 3 is 3.10 bits per heavy atom. The first-order valence-electron chi connectivity index (χ1n) is 6.87. The molecule has 1 atom stereocenters. The van der Waals surface area contributed by atoms with E-state index in [1.807, 2.05) is 0 Å². The second kappa shape index (κ2) is 5.91. The van der Waals surface area contributed by atoms with Gasteiger partial charge in [-0.3, -0.25) is 10.1 Å². The molecule has 0 amide bonds. The second-order valence-corrected chi connectivity index (χ2v) is 6.16. The molecule has 1 aromatic carbocycles. The molecule has 0 bridgehead atoms. The fraction of sp³-hybridized carbons (Fsp3) is 0.333. The van der Waals surface area contributed by atoms with Crippen LogP contribution in [0.2, 0.25) is 0 Å². The molecule has 0 fully saturated rings. The Balaban J connectivity index is 1.77. The van der Waals surface area contributed by atoms with Gasteiger partial charge in [0.2, 0.25) is 0 Å². The van der Waals surface area contributed by atoms with Gasteiger partial charge in [-0.15, -0.1) is 11.3 Å². The Morgan fingerprint density at radius 1 is 1.43 bits per heavy atom. The van der Waals surface area contributed by atoms with Crippen LogP contribution in [-0.4, -0.2) is 4.92 Å². The van der Waals surface area contributed by atoms with Crippen molar-refractivity contribution in [2.75, 3.05) is 0 Å². The lowest BCUT2D eigenvalue weighted by Gasteiger charge is -2.23. The third kappa shape index (κ3) is 2.96. The number of thiophene rings is 1. The number of hydrogen-bond donors (Lipinski definition) is 1. The van der Waals surface area contributed by atoms with E-state index < -0.39 is 10.7 Å². The van der Waals surface area contributed by atoms with Crippen LogP contribution >= 0.6 is 11.3 Å². The summed E-state index contributed by atoms with van der Waals surface area (Å²) in [6.45, 7) is 0.300. The van der Waals surface area contributed by atoms with Gasteiger partial charge in [-0.2, -0.15) is 0 Å². The summed E-state index contributed by atoms with van der Waals surface area (Å²) in [5.41, 5.74) is 1.64. The Hall–Kier alpha value is -1.79. The summed E-state index contributed by atoms with van der Waals surface area (Å²) in [5.74, 6) is -0.447. The van der Waals surface area contributed by atoms with Gasteiger partial charge in [0.15, 0.2) is 0 Å². The normalized spacial score (nSPS) is 17.5. The monoisotopic (exact) mass is 306 g/mol. The van der Waals surface area contributed by atoms with Crippen LogP contribution in [0.1, 0.15) is 34.9 Å². The van der Waals surface area contributed by atoms with Gasteiger partial charge in [0.1, 0.15) is 5.82 Å². The highest BCUT2D eigenvalue weighted by atomic mass is 32.1. The molecule has 1 unspecified atom stereocenters. The van der Waals surface area contributed by atoms with Crippen LogP contribution in [0.3, 0.4) is 0 Å². The molecular formula is C15H15FN2O2S. The van der Waals surface area contributed by atoms with E-state index in [9.17, 15) is 14.5 Å².